The molecule has 1 aromatic rings. The minimum absolute atomic E-state index is 0.381. The largest absolute Gasteiger partial charge is 0.378 e. The van der Waals surface area contributed by atoms with E-state index in [0.717, 1.165) is 31.0 Å². The van der Waals surface area contributed by atoms with Gasteiger partial charge in [-0.15, -0.1) is 0 Å². The number of aliphatic hydroxyl groups excluding tert-OH is 1. The highest BCUT2D eigenvalue weighted by molar-refractivity contribution is 8.00. The van der Waals surface area contributed by atoms with E-state index in [1.807, 2.05) is 17.8 Å². The maximum atomic E-state index is 11.5. The molecule has 2 aliphatic heterocycles. The maximum Gasteiger partial charge on any atom is 0.257 e. The van der Waals surface area contributed by atoms with Gasteiger partial charge in [0.1, 0.15) is 0 Å². The van der Waals surface area contributed by atoms with Crippen LogP contribution in [0.3, 0.4) is 0 Å². The Balaban J connectivity index is 1.91. The van der Waals surface area contributed by atoms with Crippen molar-refractivity contribution in [3.8, 4) is 0 Å². The molecule has 108 valence electrons. The Kier molecular flexibility index (Phi) is 3.84. The van der Waals surface area contributed by atoms with Gasteiger partial charge in [-0.2, -0.15) is 11.8 Å². The molecule has 2 aliphatic rings. The van der Waals surface area contributed by atoms with Crippen LogP contribution in [0, 0.1) is 0 Å². The molecule has 3 rings (SSSR count). The molecule has 0 saturated carbocycles. The van der Waals surface area contributed by atoms with Crippen molar-refractivity contribution in [2.24, 2.45) is 0 Å². The number of thioether (sulfide) groups is 1. The van der Waals surface area contributed by atoms with Crippen LogP contribution in [-0.2, 0) is 4.79 Å². The van der Waals surface area contributed by atoms with Crippen molar-refractivity contribution in [2.75, 3.05) is 29.1 Å². The van der Waals surface area contributed by atoms with Crippen LogP contribution in [0.2, 0.25) is 5.02 Å². The van der Waals surface area contributed by atoms with Gasteiger partial charge >= 0.3 is 0 Å². The quantitative estimate of drug-likeness (QED) is 0.881. The summed E-state index contributed by atoms with van der Waals surface area (Å²) in [5.74, 6) is 0.704. The Morgan fingerprint density at radius 3 is 3.10 bits per heavy atom. The lowest BCUT2D eigenvalue weighted by atomic mass is 10.1. The summed E-state index contributed by atoms with van der Waals surface area (Å²) >= 11 is 8.35. The third-order valence-corrected chi connectivity index (χ3v) is 5.53. The second kappa shape index (κ2) is 5.47. The molecule has 6 heteroatoms. The number of halogens is 1. The number of nitrogens with one attached hydrogen (secondary N) is 1. The summed E-state index contributed by atoms with van der Waals surface area (Å²) in [6.45, 7) is 4.12. The summed E-state index contributed by atoms with van der Waals surface area (Å²) in [6, 6.07) is 3.59. The number of anilines is 2. The van der Waals surface area contributed by atoms with E-state index in [-0.39, 0.29) is 5.91 Å². The summed E-state index contributed by atoms with van der Waals surface area (Å²) < 4.78 is 0. The monoisotopic (exact) mass is 312 g/mol. The van der Waals surface area contributed by atoms with Gasteiger partial charge in [0.05, 0.1) is 10.7 Å². The standard InChI is InChI=1S/C14H17ClN2O2S/c1-2-8-7-17(3-4-20-8)12-6-11-9(5-10(12)15)13(18)14(19)16-11/h5-6,8,13,18H,2-4,7H2,1H3,(H,16,19). The average molecular weight is 313 g/mol. The van der Waals surface area contributed by atoms with Crippen molar-refractivity contribution in [2.45, 2.75) is 24.7 Å². The van der Waals surface area contributed by atoms with Crippen LogP contribution in [0.15, 0.2) is 12.1 Å². The predicted octanol–water partition coefficient (Wildman–Crippen LogP) is 2.66. The van der Waals surface area contributed by atoms with E-state index in [1.54, 1.807) is 6.07 Å². The topological polar surface area (TPSA) is 52.6 Å². The Morgan fingerprint density at radius 2 is 2.35 bits per heavy atom. The first-order chi connectivity index (χ1) is 9.60. The minimum Gasteiger partial charge on any atom is -0.378 e. The number of fused-ring (bicyclic) bond motifs is 1. The highest BCUT2D eigenvalue weighted by Crippen LogP contribution is 2.40. The number of hydrogen-bond acceptors (Lipinski definition) is 4. The van der Waals surface area contributed by atoms with Crippen LogP contribution in [0.25, 0.3) is 0 Å². The number of carbonyl (C=O) groups excluding carboxylic acids is 1. The van der Waals surface area contributed by atoms with Gasteiger partial charge in [0.25, 0.3) is 5.91 Å². The zero-order valence-corrected chi connectivity index (χ0v) is 12.8. The highest BCUT2D eigenvalue weighted by Gasteiger charge is 2.31. The van der Waals surface area contributed by atoms with Crippen LogP contribution < -0.4 is 10.2 Å². The van der Waals surface area contributed by atoms with Crippen LogP contribution in [0.1, 0.15) is 25.0 Å². The number of hydrogen-bond donors (Lipinski definition) is 2. The highest BCUT2D eigenvalue weighted by atomic mass is 35.5. The molecule has 0 bridgehead atoms. The first-order valence-electron chi connectivity index (χ1n) is 6.79. The number of benzene rings is 1. The predicted molar refractivity (Wildman–Crippen MR) is 83.8 cm³/mol. The minimum atomic E-state index is -1.10. The molecule has 2 heterocycles. The van der Waals surface area contributed by atoms with E-state index in [2.05, 4.69) is 17.1 Å². The average Bonchev–Trinajstić information content (AvgIpc) is 2.73. The lowest BCUT2D eigenvalue weighted by Gasteiger charge is -2.34. The number of aliphatic hydroxyl groups is 1. The molecule has 0 aliphatic carbocycles. The molecule has 0 radical (unpaired) electrons. The van der Waals surface area contributed by atoms with Crippen LogP contribution in [0.5, 0.6) is 0 Å². The molecule has 4 nitrogen and oxygen atoms in total. The Morgan fingerprint density at radius 1 is 1.55 bits per heavy atom. The van der Waals surface area contributed by atoms with E-state index >= 15 is 0 Å². The second-order valence-corrected chi connectivity index (χ2v) is 6.95. The lowest BCUT2D eigenvalue weighted by Crippen LogP contribution is -2.37. The zero-order chi connectivity index (χ0) is 14.3. The van der Waals surface area contributed by atoms with E-state index in [4.69, 9.17) is 11.6 Å². The Bertz CT molecular complexity index is 552. The third-order valence-electron chi connectivity index (χ3n) is 3.85. The van der Waals surface area contributed by atoms with E-state index in [0.29, 0.717) is 21.5 Å². The van der Waals surface area contributed by atoms with Crippen molar-refractivity contribution < 1.29 is 9.90 Å². The Hall–Kier alpha value is -0.910. The summed E-state index contributed by atoms with van der Waals surface area (Å²) in [6.07, 6.45) is 0.0379. The van der Waals surface area contributed by atoms with Gasteiger partial charge in [-0.25, -0.2) is 0 Å². The number of nitrogens with zero attached hydrogens (tertiary/aromatic N) is 1. The van der Waals surface area contributed by atoms with Gasteiger partial charge in [-0.3, -0.25) is 4.79 Å². The molecule has 0 spiro atoms. The molecule has 2 atom stereocenters. The Labute approximate surface area is 127 Å². The van der Waals surface area contributed by atoms with Crippen LogP contribution in [0.4, 0.5) is 11.4 Å². The van der Waals surface area contributed by atoms with E-state index in [9.17, 15) is 9.90 Å². The molecular weight excluding hydrogens is 296 g/mol. The molecule has 1 amide bonds. The van der Waals surface area contributed by atoms with Crippen LogP contribution in [-0.4, -0.2) is 35.1 Å². The van der Waals surface area contributed by atoms with Gasteiger partial charge in [-0.05, 0) is 18.6 Å². The van der Waals surface area contributed by atoms with Gasteiger partial charge in [0.2, 0.25) is 0 Å². The molecule has 1 aromatic carbocycles. The molecule has 1 saturated heterocycles. The summed E-state index contributed by atoms with van der Waals surface area (Å²) in [4.78, 5) is 13.8. The molecular formula is C14H17ClN2O2S. The first kappa shape index (κ1) is 14.0. The van der Waals surface area contributed by atoms with Gasteiger partial charge < -0.3 is 15.3 Å². The maximum absolute atomic E-state index is 11.5. The fourth-order valence-corrected chi connectivity index (χ4v) is 4.15. The molecule has 1 fully saturated rings. The molecule has 2 unspecified atom stereocenters. The van der Waals surface area contributed by atoms with Gasteiger partial charge in [0.15, 0.2) is 6.10 Å². The second-order valence-electron chi connectivity index (χ2n) is 5.13. The molecule has 2 N–H and O–H groups in total. The van der Waals surface area contributed by atoms with Crippen molar-refractivity contribution in [1.82, 2.24) is 0 Å². The molecule has 0 aromatic heterocycles. The fourth-order valence-electron chi connectivity index (χ4n) is 2.68. The number of rotatable bonds is 2. The van der Waals surface area contributed by atoms with Crippen molar-refractivity contribution >= 4 is 40.6 Å². The lowest BCUT2D eigenvalue weighted by molar-refractivity contribution is -0.123. The summed E-state index contributed by atoms with van der Waals surface area (Å²) in [7, 11) is 0. The summed E-state index contributed by atoms with van der Waals surface area (Å²) in [5, 5.41) is 13.7. The van der Waals surface area contributed by atoms with Gasteiger partial charge in [-0.1, -0.05) is 18.5 Å². The number of carbonyl (C=O) groups is 1. The first-order valence-corrected chi connectivity index (χ1v) is 8.21. The van der Waals surface area contributed by atoms with E-state index < -0.39 is 6.10 Å². The smallest absolute Gasteiger partial charge is 0.257 e. The van der Waals surface area contributed by atoms with Gasteiger partial charge in [0, 0.05) is 35.3 Å². The normalized spacial score (nSPS) is 25.6. The van der Waals surface area contributed by atoms with Crippen molar-refractivity contribution in [1.29, 1.82) is 0 Å². The third kappa shape index (κ3) is 2.38. The fraction of sp³-hybridized carbons (Fsp3) is 0.500. The van der Waals surface area contributed by atoms with Crippen molar-refractivity contribution in [3.05, 3.63) is 22.7 Å². The molecule has 20 heavy (non-hydrogen) atoms. The van der Waals surface area contributed by atoms with Crippen LogP contribution >= 0.6 is 23.4 Å². The van der Waals surface area contributed by atoms with E-state index in [1.165, 1.54) is 0 Å². The number of amides is 1. The summed E-state index contributed by atoms with van der Waals surface area (Å²) in [5.41, 5.74) is 2.19. The van der Waals surface area contributed by atoms with Crippen molar-refractivity contribution in [3.63, 3.8) is 0 Å². The SMILES string of the molecule is CCC1CN(c2cc3c(cc2Cl)C(O)C(=O)N3)CCS1. The zero-order valence-electron chi connectivity index (χ0n) is 11.2.